The number of aromatic nitrogens is 3. The van der Waals surface area contributed by atoms with E-state index >= 15 is 0 Å². The summed E-state index contributed by atoms with van der Waals surface area (Å²) < 4.78 is 8.72. The molecule has 0 atom stereocenters. The van der Waals surface area contributed by atoms with Crippen molar-refractivity contribution in [2.75, 3.05) is 4.90 Å². The topological polar surface area (TPSA) is 47.1 Å². The first-order valence-electron chi connectivity index (χ1n) is 16.4. The summed E-state index contributed by atoms with van der Waals surface area (Å²) in [5.74, 6) is 2.69. The van der Waals surface area contributed by atoms with Crippen molar-refractivity contribution in [1.82, 2.24) is 14.5 Å². The highest BCUT2D eigenvalue weighted by atomic mass is 16.3. The van der Waals surface area contributed by atoms with Gasteiger partial charge in [-0.15, -0.1) is 0 Å². The Morgan fingerprint density at radius 1 is 0.562 bits per heavy atom. The minimum Gasteiger partial charge on any atom is -0.455 e. The van der Waals surface area contributed by atoms with E-state index in [-0.39, 0.29) is 5.92 Å². The molecule has 0 unspecified atom stereocenters. The first kappa shape index (κ1) is 28.1. The summed E-state index contributed by atoms with van der Waals surface area (Å²) in [5.41, 5.74) is 7.94. The van der Waals surface area contributed by atoms with E-state index in [1.54, 1.807) is 0 Å². The van der Waals surface area contributed by atoms with Crippen molar-refractivity contribution in [3.8, 4) is 17.1 Å². The zero-order chi connectivity index (χ0) is 32.2. The number of para-hydroxylation sites is 5. The average Bonchev–Trinajstić information content (AvgIpc) is 3.68. The number of hydrogen-bond donors (Lipinski definition) is 0. The molecule has 5 nitrogen and oxygen atoms in total. The number of fused-ring (bicyclic) bond motifs is 6. The molecule has 0 spiro atoms. The van der Waals surface area contributed by atoms with Crippen molar-refractivity contribution in [3.63, 3.8) is 0 Å². The maximum Gasteiger partial charge on any atom is 0.144 e. The van der Waals surface area contributed by atoms with E-state index in [2.05, 4.69) is 157 Å². The summed E-state index contributed by atoms with van der Waals surface area (Å²) in [6.07, 6.45) is 0. The zero-order valence-electron chi connectivity index (χ0n) is 26.7. The lowest BCUT2D eigenvalue weighted by molar-refractivity contribution is 0.670. The molecule has 5 heteroatoms. The van der Waals surface area contributed by atoms with E-state index in [1.807, 2.05) is 18.2 Å². The molecule has 9 aromatic rings. The molecule has 4 aromatic heterocycles. The van der Waals surface area contributed by atoms with Crippen molar-refractivity contribution < 1.29 is 4.42 Å². The Kier molecular flexibility index (Phi) is 6.57. The van der Waals surface area contributed by atoms with Gasteiger partial charge in [0.25, 0.3) is 0 Å². The van der Waals surface area contributed by atoms with Crippen LogP contribution in [0.4, 0.5) is 17.3 Å². The molecule has 0 aliphatic rings. The Hall–Kier alpha value is -6.20. The van der Waals surface area contributed by atoms with Gasteiger partial charge >= 0.3 is 0 Å². The van der Waals surface area contributed by atoms with Gasteiger partial charge < -0.3 is 4.42 Å². The molecule has 0 aliphatic heterocycles. The Morgan fingerprint density at radius 2 is 1.21 bits per heavy atom. The summed E-state index contributed by atoms with van der Waals surface area (Å²) in [5, 5.41) is 4.60. The van der Waals surface area contributed by atoms with Gasteiger partial charge in [-0.05, 0) is 72.1 Å². The molecule has 0 N–H and O–H groups in total. The van der Waals surface area contributed by atoms with Crippen molar-refractivity contribution >= 4 is 61.1 Å². The van der Waals surface area contributed by atoms with Crippen LogP contribution in [-0.4, -0.2) is 14.5 Å². The van der Waals surface area contributed by atoms with Crippen LogP contribution in [0.3, 0.4) is 0 Å². The smallest absolute Gasteiger partial charge is 0.144 e. The van der Waals surface area contributed by atoms with Gasteiger partial charge in [0.1, 0.15) is 28.6 Å². The highest BCUT2D eigenvalue weighted by Crippen LogP contribution is 2.40. The Bertz CT molecular complexity index is 2560. The van der Waals surface area contributed by atoms with E-state index < -0.39 is 0 Å². The fourth-order valence-corrected chi connectivity index (χ4v) is 6.86. The standard InChI is InChI=1S/C43H32N4O/c1-28(2)29-26-36(35-20-12-19-34-33-18-8-11-23-39(33)48-43(34)35)44-42(27-29)46(30-14-4-3-5-15-30)40-24-13-25-41(45-40)47-37-21-9-6-16-31(37)32-17-7-10-22-38(32)47/h3-28H,1-2H3. The molecule has 0 fully saturated rings. The van der Waals surface area contributed by atoms with Gasteiger partial charge in [-0.3, -0.25) is 9.47 Å². The van der Waals surface area contributed by atoms with Crippen LogP contribution < -0.4 is 4.90 Å². The van der Waals surface area contributed by atoms with Gasteiger partial charge in [-0.1, -0.05) is 105 Å². The van der Waals surface area contributed by atoms with Crippen molar-refractivity contribution in [2.45, 2.75) is 19.8 Å². The van der Waals surface area contributed by atoms with E-state index in [0.717, 1.165) is 67.4 Å². The fraction of sp³-hybridized carbons (Fsp3) is 0.0698. The Labute approximate surface area is 278 Å². The van der Waals surface area contributed by atoms with Crippen molar-refractivity contribution in [2.24, 2.45) is 0 Å². The molecular formula is C43H32N4O. The van der Waals surface area contributed by atoms with Gasteiger partial charge in [0, 0.05) is 32.8 Å². The largest absolute Gasteiger partial charge is 0.455 e. The van der Waals surface area contributed by atoms with Gasteiger partial charge in [0.2, 0.25) is 0 Å². The summed E-state index contributed by atoms with van der Waals surface area (Å²) >= 11 is 0. The highest BCUT2D eigenvalue weighted by Gasteiger charge is 2.21. The first-order valence-corrected chi connectivity index (χ1v) is 16.4. The molecule has 0 amide bonds. The predicted octanol–water partition coefficient (Wildman–Crippen LogP) is 11.7. The van der Waals surface area contributed by atoms with E-state index in [1.165, 1.54) is 16.3 Å². The molecule has 9 rings (SSSR count). The van der Waals surface area contributed by atoms with Crippen LogP contribution in [0.5, 0.6) is 0 Å². The quantitative estimate of drug-likeness (QED) is 0.186. The molecule has 230 valence electrons. The lowest BCUT2D eigenvalue weighted by Gasteiger charge is -2.25. The van der Waals surface area contributed by atoms with Crippen molar-refractivity contribution in [1.29, 1.82) is 0 Å². The summed E-state index contributed by atoms with van der Waals surface area (Å²) in [4.78, 5) is 12.9. The van der Waals surface area contributed by atoms with Crippen LogP contribution in [-0.2, 0) is 0 Å². The molecule has 0 aliphatic carbocycles. The normalized spacial score (nSPS) is 11.7. The van der Waals surface area contributed by atoms with Crippen LogP contribution in [0.1, 0.15) is 25.3 Å². The van der Waals surface area contributed by atoms with E-state index in [0.29, 0.717) is 0 Å². The van der Waals surface area contributed by atoms with Gasteiger partial charge in [-0.25, -0.2) is 9.97 Å². The third-order valence-electron chi connectivity index (χ3n) is 9.18. The number of nitrogens with zero attached hydrogens (tertiary/aromatic N) is 4. The number of benzene rings is 5. The van der Waals surface area contributed by atoms with Crippen LogP contribution in [0, 0.1) is 0 Å². The zero-order valence-corrected chi connectivity index (χ0v) is 26.7. The van der Waals surface area contributed by atoms with E-state index in [9.17, 15) is 0 Å². The molecule has 48 heavy (non-hydrogen) atoms. The monoisotopic (exact) mass is 620 g/mol. The summed E-state index contributed by atoms with van der Waals surface area (Å²) in [6.45, 7) is 4.44. The molecule has 0 saturated heterocycles. The third-order valence-corrected chi connectivity index (χ3v) is 9.18. The fourth-order valence-electron chi connectivity index (χ4n) is 6.86. The van der Waals surface area contributed by atoms with E-state index in [4.69, 9.17) is 14.4 Å². The Balaban J connectivity index is 1.27. The Morgan fingerprint density at radius 3 is 1.96 bits per heavy atom. The third kappa shape index (κ3) is 4.55. The summed E-state index contributed by atoms with van der Waals surface area (Å²) in [6, 6.07) is 52.6. The highest BCUT2D eigenvalue weighted by molar-refractivity contribution is 6.10. The number of rotatable bonds is 6. The number of anilines is 3. The molecule has 0 radical (unpaired) electrons. The number of pyridine rings is 2. The maximum atomic E-state index is 6.47. The second-order valence-electron chi connectivity index (χ2n) is 12.5. The van der Waals surface area contributed by atoms with Crippen LogP contribution in [0.15, 0.2) is 156 Å². The summed E-state index contributed by atoms with van der Waals surface area (Å²) in [7, 11) is 0. The van der Waals surface area contributed by atoms with Gasteiger partial charge in [0.05, 0.1) is 16.7 Å². The number of furan rings is 1. The van der Waals surface area contributed by atoms with Gasteiger partial charge in [0.15, 0.2) is 0 Å². The van der Waals surface area contributed by atoms with Crippen LogP contribution in [0.2, 0.25) is 0 Å². The predicted molar refractivity (Wildman–Crippen MR) is 198 cm³/mol. The van der Waals surface area contributed by atoms with Gasteiger partial charge in [-0.2, -0.15) is 0 Å². The van der Waals surface area contributed by atoms with Crippen LogP contribution >= 0.6 is 0 Å². The second-order valence-corrected chi connectivity index (χ2v) is 12.5. The molecule has 5 aromatic carbocycles. The SMILES string of the molecule is CC(C)c1cc(-c2cccc3c2oc2ccccc23)nc(N(c2ccccc2)c2cccc(-n3c4ccccc4c4ccccc43)n2)c1. The maximum absolute atomic E-state index is 6.47. The lowest BCUT2D eigenvalue weighted by atomic mass is 9.99. The minimum atomic E-state index is 0.273. The lowest BCUT2D eigenvalue weighted by Crippen LogP contribution is -2.15. The number of hydrogen-bond acceptors (Lipinski definition) is 4. The molecular weight excluding hydrogens is 589 g/mol. The average molecular weight is 621 g/mol. The molecule has 4 heterocycles. The second kappa shape index (κ2) is 11.2. The minimum absolute atomic E-state index is 0.273. The van der Waals surface area contributed by atoms with Crippen LogP contribution in [0.25, 0.3) is 60.8 Å². The van der Waals surface area contributed by atoms with Crippen molar-refractivity contribution in [3.05, 3.63) is 157 Å². The molecule has 0 bridgehead atoms. The first-order chi connectivity index (χ1) is 23.6. The molecule has 0 saturated carbocycles.